The van der Waals surface area contributed by atoms with Crippen molar-refractivity contribution in [3.05, 3.63) is 26.7 Å². The van der Waals surface area contributed by atoms with Gasteiger partial charge in [0.25, 0.3) is 0 Å². The minimum Gasteiger partial charge on any atom is -0.480 e. The summed E-state index contributed by atoms with van der Waals surface area (Å²) in [7, 11) is 0. The van der Waals surface area contributed by atoms with Gasteiger partial charge in [-0.15, -0.1) is 0 Å². The molecule has 1 aromatic carbocycles. The van der Waals surface area contributed by atoms with Gasteiger partial charge >= 0.3 is 18.0 Å². The zero-order chi connectivity index (χ0) is 16.2. The van der Waals surface area contributed by atoms with Crippen molar-refractivity contribution < 1.29 is 24.6 Å². The van der Waals surface area contributed by atoms with E-state index in [1.165, 1.54) is 12.1 Å². The third-order valence-electron chi connectivity index (χ3n) is 2.22. The van der Waals surface area contributed by atoms with Gasteiger partial charge in [-0.2, -0.15) is 0 Å². The molecule has 0 aliphatic rings. The quantitative estimate of drug-likeness (QED) is 0.660. The highest BCUT2D eigenvalue weighted by Gasteiger charge is 2.21. The highest BCUT2D eigenvalue weighted by Crippen LogP contribution is 2.35. The Balaban J connectivity index is 2.93. The SMILES string of the molecule is O=C(O)CN(CC(=O)O)C(=O)Nc1ccc(Br)c(Cl)c1Cl. The van der Waals surface area contributed by atoms with E-state index >= 15 is 0 Å². The molecule has 0 spiro atoms. The number of amides is 2. The van der Waals surface area contributed by atoms with Crippen LogP contribution in [0.25, 0.3) is 0 Å². The van der Waals surface area contributed by atoms with Crippen LogP contribution >= 0.6 is 39.1 Å². The van der Waals surface area contributed by atoms with Crippen LogP contribution < -0.4 is 5.32 Å². The molecule has 0 bridgehead atoms. The van der Waals surface area contributed by atoms with E-state index in [2.05, 4.69) is 21.2 Å². The molecule has 3 N–H and O–H groups in total. The van der Waals surface area contributed by atoms with Gasteiger partial charge in [-0.1, -0.05) is 23.2 Å². The summed E-state index contributed by atoms with van der Waals surface area (Å²) in [5.41, 5.74) is 0.135. The molecule has 7 nitrogen and oxygen atoms in total. The molecule has 21 heavy (non-hydrogen) atoms. The lowest BCUT2D eigenvalue weighted by Crippen LogP contribution is -2.42. The fourth-order valence-corrected chi connectivity index (χ4v) is 2.16. The van der Waals surface area contributed by atoms with Crippen molar-refractivity contribution in [1.82, 2.24) is 4.90 Å². The Morgan fingerprint density at radius 3 is 2.10 bits per heavy atom. The summed E-state index contributed by atoms with van der Waals surface area (Å²) in [4.78, 5) is 33.8. The third-order valence-corrected chi connectivity index (χ3v) is 3.99. The van der Waals surface area contributed by atoms with Crippen molar-refractivity contribution in [1.29, 1.82) is 0 Å². The fraction of sp³-hybridized carbons (Fsp3) is 0.182. The van der Waals surface area contributed by atoms with Crippen LogP contribution in [0.1, 0.15) is 0 Å². The summed E-state index contributed by atoms with van der Waals surface area (Å²) in [6.45, 7) is -1.53. The van der Waals surface area contributed by atoms with Crippen molar-refractivity contribution in [3.8, 4) is 0 Å². The minimum absolute atomic E-state index is 0.0463. The molecule has 0 radical (unpaired) electrons. The molecule has 1 aromatic rings. The fourth-order valence-electron chi connectivity index (χ4n) is 1.34. The number of aliphatic carboxylic acids is 2. The Labute approximate surface area is 137 Å². The van der Waals surface area contributed by atoms with E-state index in [9.17, 15) is 14.4 Å². The smallest absolute Gasteiger partial charge is 0.323 e. The highest BCUT2D eigenvalue weighted by atomic mass is 79.9. The van der Waals surface area contributed by atoms with E-state index in [1.807, 2.05) is 0 Å². The lowest BCUT2D eigenvalue weighted by Gasteiger charge is -2.19. The Morgan fingerprint density at radius 1 is 1.10 bits per heavy atom. The highest BCUT2D eigenvalue weighted by molar-refractivity contribution is 9.10. The molecule has 10 heteroatoms. The molecule has 0 unspecified atom stereocenters. The number of carboxylic acid groups (broad SMARTS) is 2. The molecule has 2 amide bonds. The molecule has 1 rings (SSSR count). The minimum atomic E-state index is -1.34. The predicted molar refractivity (Wildman–Crippen MR) is 80.0 cm³/mol. The second-order valence-corrected chi connectivity index (χ2v) is 5.41. The third kappa shape index (κ3) is 5.07. The van der Waals surface area contributed by atoms with Crippen LogP contribution in [0.15, 0.2) is 16.6 Å². The molecular weight excluding hydrogens is 391 g/mol. The predicted octanol–water partition coefficient (Wildman–Crippen LogP) is 2.76. The maximum absolute atomic E-state index is 11.9. The molecule has 0 heterocycles. The number of rotatable bonds is 5. The van der Waals surface area contributed by atoms with Crippen molar-refractivity contribution >= 4 is 62.8 Å². The molecular formula is C11H9BrCl2N2O5. The zero-order valence-electron chi connectivity index (χ0n) is 10.3. The maximum atomic E-state index is 11.9. The van der Waals surface area contributed by atoms with Crippen LogP contribution in [0, 0.1) is 0 Å². The number of carboxylic acids is 2. The van der Waals surface area contributed by atoms with Gasteiger partial charge in [0.05, 0.1) is 15.7 Å². The van der Waals surface area contributed by atoms with E-state index in [0.717, 1.165) is 0 Å². The van der Waals surface area contributed by atoms with Gasteiger partial charge in [0, 0.05) is 4.47 Å². The van der Waals surface area contributed by atoms with Crippen LogP contribution in [0.3, 0.4) is 0 Å². The van der Waals surface area contributed by atoms with Gasteiger partial charge < -0.3 is 20.4 Å². The Hall–Kier alpha value is -1.51. The van der Waals surface area contributed by atoms with Gasteiger partial charge in [-0.3, -0.25) is 9.59 Å². The average molecular weight is 400 g/mol. The number of hydrogen-bond donors (Lipinski definition) is 3. The first-order chi connectivity index (χ1) is 9.72. The van der Waals surface area contributed by atoms with Crippen LogP contribution in [0.4, 0.5) is 10.5 Å². The monoisotopic (exact) mass is 398 g/mol. The zero-order valence-corrected chi connectivity index (χ0v) is 13.4. The number of nitrogens with zero attached hydrogens (tertiary/aromatic N) is 1. The number of hydrogen-bond acceptors (Lipinski definition) is 3. The number of nitrogens with one attached hydrogen (secondary N) is 1. The lowest BCUT2D eigenvalue weighted by molar-refractivity contribution is -0.140. The first-order valence-corrected chi connectivity index (χ1v) is 6.90. The van der Waals surface area contributed by atoms with Crippen LogP contribution in [0.5, 0.6) is 0 Å². The van der Waals surface area contributed by atoms with Crippen molar-refractivity contribution in [3.63, 3.8) is 0 Å². The summed E-state index contributed by atoms with van der Waals surface area (Å²) >= 11 is 15.0. The molecule has 0 aliphatic heterocycles. The summed E-state index contributed by atoms with van der Waals surface area (Å²) in [5, 5.41) is 19.9. The van der Waals surface area contributed by atoms with Crippen LogP contribution in [0.2, 0.25) is 10.0 Å². The Morgan fingerprint density at radius 2 is 1.62 bits per heavy atom. The van der Waals surface area contributed by atoms with E-state index in [0.29, 0.717) is 9.37 Å². The molecule has 0 aliphatic carbocycles. The Kier molecular flexibility index (Phi) is 6.25. The maximum Gasteiger partial charge on any atom is 0.323 e. The number of halogens is 3. The molecule has 0 saturated heterocycles. The first kappa shape index (κ1) is 17.5. The summed E-state index contributed by atoms with van der Waals surface area (Å²) in [6.07, 6.45) is 0. The molecule has 114 valence electrons. The van der Waals surface area contributed by atoms with Gasteiger partial charge in [-0.25, -0.2) is 4.79 Å². The molecule has 0 fully saturated rings. The normalized spacial score (nSPS) is 10.0. The summed E-state index contributed by atoms with van der Waals surface area (Å²) in [6, 6.07) is 2.05. The van der Waals surface area contributed by atoms with Gasteiger partial charge in [0.2, 0.25) is 0 Å². The number of urea groups is 1. The number of carbonyl (C=O) groups is 3. The summed E-state index contributed by atoms with van der Waals surface area (Å²) in [5.74, 6) is -2.68. The summed E-state index contributed by atoms with van der Waals surface area (Å²) < 4.78 is 0.514. The van der Waals surface area contributed by atoms with E-state index in [4.69, 9.17) is 33.4 Å². The number of anilines is 1. The second kappa shape index (κ2) is 7.48. The second-order valence-electron chi connectivity index (χ2n) is 3.80. The van der Waals surface area contributed by atoms with Crippen molar-refractivity contribution in [2.45, 2.75) is 0 Å². The topological polar surface area (TPSA) is 107 Å². The van der Waals surface area contributed by atoms with Crippen LogP contribution in [-0.2, 0) is 9.59 Å². The molecule has 0 saturated carbocycles. The number of benzene rings is 1. The number of carbonyl (C=O) groups excluding carboxylic acids is 1. The van der Waals surface area contributed by atoms with E-state index in [-0.39, 0.29) is 15.7 Å². The van der Waals surface area contributed by atoms with Gasteiger partial charge in [0.15, 0.2) is 0 Å². The largest absolute Gasteiger partial charge is 0.480 e. The molecule has 0 aromatic heterocycles. The van der Waals surface area contributed by atoms with Gasteiger partial charge in [0.1, 0.15) is 13.1 Å². The molecule has 0 atom stereocenters. The van der Waals surface area contributed by atoms with Crippen molar-refractivity contribution in [2.24, 2.45) is 0 Å². The lowest BCUT2D eigenvalue weighted by atomic mass is 10.3. The van der Waals surface area contributed by atoms with Crippen LogP contribution in [-0.4, -0.2) is 46.2 Å². The average Bonchev–Trinajstić information content (AvgIpc) is 2.37. The van der Waals surface area contributed by atoms with Gasteiger partial charge in [-0.05, 0) is 28.1 Å². The van der Waals surface area contributed by atoms with E-state index < -0.39 is 31.1 Å². The standard InChI is InChI=1S/C11H9BrCl2N2O5/c12-5-1-2-6(10(14)9(5)13)15-11(21)16(3-7(17)18)4-8(19)20/h1-2H,3-4H2,(H,15,21)(H,17,18)(H,19,20). The first-order valence-electron chi connectivity index (χ1n) is 5.35. The Bertz CT molecular complexity index is 580. The van der Waals surface area contributed by atoms with E-state index in [1.54, 1.807) is 0 Å². The van der Waals surface area contributed by atoms with Crippen molar-refractivity contribution in [2.75, 3.05) is 18.4 Å².